The summed E-state index contributed by atoms with van der Waals surface area (Å²) in [6.45, 7) is 12.0. The van der Waals surface area contributed by atoms with Crippen molar-refractivity contribution in [1.82, 2.24) is 0 Å². The highest BCUT2D eigenvalue weighted by Crippen LogP contribution is 2.20. The van der Waals surface area contributed by atoms with Gasteiger partial charge < -0.3 is 13.3 Å². The zero-order valence-electron chi connectivity index (χ0n) is 12.3. The van der Waals surface area contributed by atoms with Crippen molar-refractivity contribution in [2.24, 2.45) is 0 Å². The molecule has 0 saturated carbocycles. The minimum atomic E-state index is -0.860. The first-order valence-corrected chi connectivity index (χ1v) is 9.59. The standard InChI is InChI=1S/C12H26O3Si3/c1-6-9-12(13-16,14-17-10(4)7-2)15-18-11(5)8-3/h6-8H,1,9,17-18H2,2-5,16H3. The topological polar surface area (TPSA) is 27.7 Å². The van der Waals surface area contributed by atoms with Gasteiger partial charge in [-0.25, -0.2) is 0 Å². The number of hydrogen-bond donors (Lipinski definition) is 0. The van der Waals surface area contributed by atoms with Gasteiger partial charge in [-0.3, -0.25) is 0 Å². The molecule has 0 fully saturated rings. The molecule has 0 saturated heterocycles. The molecule has 0 atom stereocenters. The summed E-state index contributed by atoms with van der Waals surface area (Å²) in [5.41, 5.74) is 0. The molecule has 0 bridgehead atoms. The minimum absolute atomic E-state index is 0.588. The van der Waals surface area contributed by atoms with Crippen LogP contribution in [0, 0.1) is 0 Å². The number of rotatable bonds is 9. The predicted molar refractivity (Wildman–Crippen MR) is 86.7 cm³/mol. The maximum atomic E-state index is 5.96. The van der Waals surface area contributed by atoms with Gasteiger partial charge in [-0.1, -0.05) is 28.6 Å². The van der Waals surface area contributed by atoms with Crippen molar-refractivity contribution in [2.75, 3.05) is 0 Å². The first-order chi connectivity index (χ1) is 8.53. The van der Waals surface area contributed by atoms with Gasteiger partial charge in [0.25, 0.3) is 5.97 Å². The summed E-state index contributed by atoms with van der Waals surface area (Å²) in [6.07, 6.45) is 6.57. The zero-order valence-corrected chi connectivity index (χ0v) is 17.1. The average molecular weight is 303 g/mol. The lowest BCUT2D eigenvalue weighted by molar-refractivity contribution is -0.249. The highest BCUT2D eigenvalue weighted by Gasteiger charge is 2.29. The summed E-state index contributed by atoms with van der Waals surface area (Å²) >= 11 is 0. The second kappa shape index (κ2) is 9.65. The molecule has 0 aliphatic carbocycles. The Bertz CT molecular complexity index is 292. The van der Waals surface area contributed by atoms with Crippen molar-refractivity contribution in [3.05, 3.63) is 35.2 Å². The van der Waals surface area contributed by atoms with Crippen LogP contribution < -0.4 is 0 Å². The molecule has 0 rings (SSSR count). The number of hydrogen-bond acceptors (Lipinski definition) is 3. The molecule has 0 aromatic heterocycles. The van der Waals surface area contributed by atoms with Crippen LogP contribution in [0.5, 0.6) is 0 Å². The average Bonchev–Trinajstić information content (AvgIpc) is 2.41. The Hall–Kier alpha value is -0.249. The Morgan fingerprint density at radius 1 is 1.17 bits per heavy atom. The van der Waals surface area contributed by atoms with E-state index < -0.39 is 25.5 Å². The van der Waals surface area contributed by atoms with Crippen LogP contribution in [0.4, 0.5) is 0 Å². The molecule has 0 heterocycles. The highest BCUT2D eigenvalue weighted by atomic mass is 28.2. The summed E-state index contributed by atoms with van der Waals surface area (Å²) in [5.74, 6) is -0.860. The quantitative estimate of drug-likeness (QED) is 0.354. The number of allylic oxidation sites excluding steroid dienone is 4. The molecular weight excluding hydrogens is 276 g/mol. The summed E-state index contributed by atoms with van der Waals surface area (Å²) in [5, 5.41) is 2.60. The molecule has 6 heteroatoms. The van der Waals surface area contributed by atoms with E-state index in [2.05, 4.69) is 32.6 Å². The molecule has 0 aromatic carbocycles. The SMILES string of the molecule is C=CCC(O[SiH3])(O[SiH2]C(C)=CC)O[SiH2]C(C)=CC. The van der Waals surface area contributed by atoms with Gasteiger partial charge in [-0.2, -0.15) is 0 Å². The molecule has 0 unspecified atom stereocenters. The fourth-order valence-electron chi connectivity index (χ4n) is 1.15. The van der Waals surface area contributed by atoms with E-state index in [1.807, 2.05) is 13.8 Å². The third kappa shape index (κ3) is 6.62. The first kappa shape index (κ1) is 17.8. The molecule has 0 N–H and O–H groups in total. The fourth-order valence-corrected chi connectivity index (χ4v) is 4.06. The van der Waals surface area contributed by atoms with Crippen LogP contribution in [0.2, 0.25) is 0 Å². The molecule has 0 aliphatic heterocycles. The molecule has 0 amide bonds. The van der Waals surface area contributed by atoms with Gasteiger partial charge in [-0.15, -0.1) is 6.58 Å². The summed E-state index contributed by atoms with van der Waals surface area (Å²) in [7, 11) is -0.934. The third-order valence-corrected chi connectivity index (χ3v) is 6.25. The lowest BCUT2D eigenvalue weighted by Gasteiger charge is -2.33. The second-order valence-corrected chi connectivity index (χ2v) is 8.02. The molecular formula is C12H26O3Si3. The van der Waals surface area contributed by atoms with Gasteiger partial charge in [0.1, 0.15) is 0 Å². The normalized spacial score (nSPS) is 18.0. The van der Waals surface area contributed by atoms with Crippen LogP contribution in [0.25, 0.3) is 0 Å². The van der Waals surface area contributed by atoms with E-state index in [0.29, 0.717) is 16.9 Å². The van der Waals surface area contributed by atoms with E-state index in [9.17, 15) is 0 Å². The van der Waals surface area contributed by atoms with Crippen molar-refractivity contribution < 1.29 is 13.3 Å². The molecule has 0 aromatic rings. The van der Waals surface area contributed by atoms with E-state index in [-0.39, 0.29) is 0 Å². The lowest BCUT2D eigenvalue weighted by Crippen LogP contribution is -2.41. The van der Waals surface area contributed by atoms with Crippen LogP contribution in [-0.2, 0) is 13.3 Å². The monoisotopic (exact) mass is 302 g/mol. The Kier molecular flexibility index (Phi) is 9.52. The molecule has 18 heavy (non-hydrogen) atoms. The summed E-state index contributed by atoms with van der Waals surface area (Å²) < 4.78 is 17.5. The van der Waals surface area contributed by atoms with Gasteiger partial charge in [0.15, 0.2) is 30.0 Å². The fraction of sp³-hybridized carbons (Fsp3) is 0.500. The maximum Gasteiger partial charge on any atom is 0.256 e. The van der Waals surface area contributed by atoms with Crippen LogP contribution in [-0.4, -0.2) is 36.0 Å². The molecule has 0 aliphatic rings. The molecule has 104 valence electrons. The van der Waals surface area contributed by atoms with Crippen molar-refractivity contribution in [2.45, 2.75) is 40.1 Å². The molecule has 0 spiro atoms. The van der Waals surface area contributed by atoms with Crippen LogP contribution in [0.15, 0.2) is 35.2 Å². The Morgan fingerprint density at radius 3 is 1.89 bits per heavy atom. The summed E-state index contributed by atoms with van der Waals surface area (Å²) in [4.78, 5) is 0. The van der Waals surface area contributed by atoms with Crippen LogP contribution >= 0.6 is 0 Å². The third-order valence-electron chi connectivity index (χ3n) is 2.73. The van der Waals surface area contributed by atoms with Gasteiger partial charge in [0.05, 0.1) is 0 Å². The van der Waals surface area contributed by atoms with E-state index in [1.54, 1.807) is 6.08 Å². The van der Waals surface area contributed by atoms with Gasteiger partial charge in [0.2, 0.25) is 0 Å². The van der Waals surface area contributed by atoms with Gasteiger partial charge in [-0.05, 0) is 27.7 Å². The predicted octanol–water partition coefficient (Wildman–Crippen LogP) is 0.561. The molecule has 0 radical (unpaired) electrons. The second-order valence-electron chi connectivity index (χ2n) is 4.23. The van der Waals surface area contributed by atoms with Gasteiger partial charge in [0, 0.05) is 6.42 Å². The highest BCUT2D eigenvalue weighted by molar-refractivity contribution is 6.39. The smallest absolute Gasteiger partial charge is 0.256 e. The maximum absolute atomic E-state index is 5.96. The Labute approximate surface area is 119 Å². The Morgan fingerprint density at radius 2 is 1.61 bits per heavy atom. The van der Waals surface area contributed by atoms with E-state index >= 15 is 0 Å². The van der Waals surface area contributed by atoms with E-state index in [0.717, 1.165) is 0 Å². The Balaban J connectivity index is 4.64. The van der Waals surface area contributed by atoms with E-state index in [1.165, 1.54) is 10.4 Å². The summed E-state index contributed by atoms with van der Waals surface area (Å²) in [6, 6.07) is 0. The van der Waals surface area contributed by atoms with Crippen LogP contribution in [0.1, 0.15) is 34.1 Å². The van der Waals surface area contributed by atoms with Crippen molar-refractivity contribution in [1.29, 1.82) is 0 Å². The molecule has 3 nitrogen and oxygen atoms in total. The van der Waals surface area contributed by atoms with Gasteiger partial charge >= 0.3 is 0 Å². The van der Waals surface area contributed by atoms with Crippen molar-refractivity contribution >= 4 is 30.0 Å². The lowest BCUT2D eigenvalue weighted by atomic mass is 10.4. The van der Waals surface area contributed by atoms with Crippen LogP contribution in [0.3, 0.4) is 0 Å². The van der Waals surface area contributed by atoms with E-state index in [4.69, 9.17) is 13.3 Å². The first-order valence-electron chi connectivity index (χ1n) is 6.21. The largest absolute Gasteiger partial charge is 0.381 e. The van der Waals surface area contributed by atoms with Crippen molar-refractivity contribution in [3.63, 3.8) is 0 Å². The zero-order chi connectivity index (χ0) is 14.0. The van der Waals surface area contributed by atoms with Crippen molar-refractivity contribution in [3.8, 4) is 0 Å². The minimum Gasteiger partial charge on any atom is -0.381 e.